The highest BCUT2D eigenvalue weighted by atomic mass is 19.4. The lowest BCUT2D eigenvalue weighted by Crippen LogP contribution is -2.37. The molecule has 0 heterocycles. The van der Waals surface area contributed by atoms with Crippen LogP contribution in [0, 0.1) is 0 Å². The second-order valence-electron chi connectivity index (χ2n) is 3.51. The van der Waals surface area contributed by atoms with Crippen LogP contribution in [-0.4, -0.2) is 24.4 Å². The van der Waals surface area contributed by atoms with Gasteiger partial charge in [-0.15, -0.1) is 0 Å². The number of nitrogens with one attached hydrogen (secondary N) is 1. The van der Waals surface area contributed by atoms with Gasteiger partial charge in [0.05, 0.1) is 0 Å². The number of carbonyl (C=O) groups is 2. The van der Waals surface area contributed by atoms with Gasteiger partial charge in [-0.2, -0.15) is 13.2 Å². The number of alkyl halides is 3. The molecule has 0 saturated heterocycles. The first kappa shape index (κ1) is 14.0. The number of benzene rings is 1. The molecule has 0 saturated carbocycles. The van der Waals surface area contributed by atoms with Gasteiger partial charge in [-0.05, 0) is 12.1 Å². The van der Waals surface area contributed by atoms with Crippen molar-refractivity contribution in [2.24, 2.45) is 0 Å². The maximum atomic E-state index is 11.8. The molecule has 1 rings (SSSR count). The number of hydrogen-bond acceptors (Lipinski definition) is 3. The van der Waals surface area contributed by atoms with Gasteiger partial charge in [0.25, 0.3) is 0 Å². The Morgan fingerprint density at radius 1 is 1.22 bits per heavy atom. The fraction of sp³-hybridized carbons (Fsp3) is 0.273. The number of rotatable bonds is 4. The molecule has 0 bridgehead atoms. The van der Waals surface area contributed by atoms with E-state index in [9.17, 15) is 22.8 Å². The Morgan fingerprint density at radius 3 is 2.39 bits per heavy atom. The number of hydrogen-bond donors (Lipinski definition) is 2. The molecular formula is C11H11F3N2O2. The van der Waals surface area contributed by atoms with Crippen molar-refractivity contribution in [1.82, 2.24) is 5.32 Å². The Bertz CT molecular complexity index is 458. The lowest BCUT2D eigenvalue weighted by atomic mass is 10.1. The first-order valence-corrected chi connectivity index (χ1v) is 5.05. The van der Waals surface area contributed by atoms with E-state index >= 15 is 0 Å². The molecule has 0 aliphatic rings. The van der Waals surface area contributed by atoms with Crippen molar-refractivity contribution in [2.45, 2.75) is 12.6 Å². The van der Waals surface area contributed by atoms with Crippen LogP contribution in [0.25, 0.3) is 0 Å². The lowest BCUT2D eigenvalue weighted by molar-refractivity contribution is -0.173. The normalized spacial score (nSPS) is 11.1. The third-order valence-corrected chi connectivity index (χ3v) is 2.16. The van der Waals surface area contributed by atoms with E-state index in [1.54, 1.807) is 17.4 Å². The molecule has 1 aromatic rings. The van der Waals surface area contributed by atoms with E-state index in [2.05, 4.69) is 0 Å². The zero-order valence-electron chi connectivity index (χ0n) is 9.25. The molecule has 0 spiro atoms. The fourth-order valence-electron chi connectivity index (χ4n) is 1.28. The van der Waals surface area contributed by atoms with Gasteiger partial charge in [0, 0.05) is 24.2 Å². The maximum absolute atomic E-state index is 11.8. The summed E-state index contributed by atoms with van der Waals surface area (Å²) in [6, 6.07) is 6.22. The summed E-state index contributed by atoms with van der Waals surface area (Å²) in [6.45, 7) is -0.383. The van der Waals surface area contributed by atoms with Crippen LogP contribution in [0.2, 0.25) is 0 Å². The van der Waals surface area contributed by atoms with Crippen LogP contribution in [0.5, 0.6) is 0 Å². The van der Waals surface area contributed by atoms with Crippen molar-refractivity contribution >= 4 is 17.4 Å². The summed E-state index contributed by atoms with van der Waals surface area (Å²) < 4.78 is 35.5. The summed E-state index contributed by atoms with van der Waals surface area (Å²) in [7, 11) is 0. The predicted octanol–water partition coefficient (Wildman–Crippen LogP) is 1.52. The second kappa shape index (κ2) is 5.52. The molecule has 0 aromatic heterocycles. The van der Waals surface area contributed by atoms with Crippen LogP contribution in [-0.2, 0) is 4.79 Å². The Labute approximate surface area is 101 Å². The van der Waals surface area contributed by atoms with Crippen LogP contribution in [0.4, 0.5) is 18.9 Å². The molecule has 0 unspecified atom stereocenters. The Balaban J connectivity index is 2.49. The van der Waals surface area contributed by atoms with E-state index in [1.165, 1.54) is 12.1 Å². The van der Waals surface area contributed by atoms with Gasteiger partial charge in [-0.25, -0.2) is 0 Å². The van der Waals surface area contributed by atoms with Crippen LogP contribution in [0.15, 0.2) is 24.3 Å². The van der Waals surface area contributed by atoms with E-state index in [0.717, 1.165) is 0 Å². The summed E-state index contributed by atoms with van der Waals surface area (Å²) in [6.07, 6.45) is -5.18. The largest absolute Gasteiger partial charge is 0.471 e. The first-order chi connectivity index (χ1) is 8.32. The molecule has 0 aliphatic heterocycles. The van der Waals surface area contributed by atoms with Gasteiger partial charge in [0.1, 0.15) is 0 Å². The summed E-state index contributed by atoms with van der Waals surface area (Å²) in [5.41, 5.74) is 6.02. The van der Waals surface area contributed by atoms with Gasteiger partial charge in [0.15, 0.2) is 5.78 Å². The highest BCUT2D eigenvalue weighted by molar-refractivity contribution is 6.00. The first-order valence-electron chi connectivity index (χ1n) is 5.05. The zero-order chi connectivity index (χ0) is 13.8. The minimum absolute atomic E-state index is 0.235. The summed E-state index contributed by atoms with van der Waals surface area (Å²) >= 11 is 0. The van der Waals surface area contributed by atoms with E-state index in [1.807, 2.05) is 0 Å². The quantitative estimate of drug-likeness (QED) is 0.636. The van der Waals surface area contributed by atoms with E-state index in [0.29, 0.717) is 0 Å². The number of amides is 1. The number of anilines is 1. The third kappa shape index (κ3) is 3.76. The van der Waals surface area contributed by atoms with Gasteiger partial charge in [-0.3, -0.25) is 9.59 Å². The molecule has 0 radical (unpaired) electrons. The molecule has 3 N–H and O–H groups in total. The van der Waals surface area contributed by atoms with Crippen molar-refractivity contribution in [3.05, 3.63) is 29.8 Å². The van der Waals surface area contributed by atoms with Crippen LogP contribution in [0.3, 0.4) is 0 Å². The van der Waals surface area contributed by atoms with Gasteiger partial charge in [0.2, 0.25) is 0 Å². The minimum Gasteiger partial charge on any atom is -0.398 e. The van der Waals surface area contributed by atoms with Gasteiger partial charge in [-0.1, -0.05) is 12.1 Å². The Hall–Kier alpha value is -2.05. The monoisotopic (exact) mass is 260 g/mol. The van der Waals surface area contributed by atoms with E-state index < -0.39 is 17.9 Å². The van der Waals surface area contributed by atoms with Crippen molar-refractivity contribution < 1.29 is 22.8 Å². The standard InChI is InChI=1S/C11H11F3N2O2/c12-11(13,14)10(18)16-6-5-9(17)7-3-1-2-4-8(7)15/h1-4H,5-6,15H2,(H,16,18). The lowest BCUT2D eigenvalue weighted by Gasteiger charge is -2.08. The molecule has 0 atom stereocenters. The molecule has 1 amide bonds. The van der Waals surface area contributed by atoms with Gasteiger partial charge < -0.3 is 11.1 Å². The van der Waals surface area contributed by atoms with Gasteiger partial charge >= 0.3 is 12.1 Å². The summed E-state index contributed by atoms with van der Waals surface area (Å²) in [4.78, 5) is 22.1. The number of ketones is 1. The van der Waals surface area contributed by atoms with Crippen molar-refractivity contribution in [3.8, 4) is 0 Å². The molecule has 1 aromatic carbocycles. The van der Waals surface area contributed by atoms with Crippen molar-refractivity contribution in [1.29, 1.82) is 0 Å². The minimum atomic E-state index is -4.94. The Morgan fingerprint density at radius 2 is 1.83 bits per heavy atom. The number of halogens is 3. The zero-order valence-corrected chi connectivity index (χ0v) is 9.25. The fourth-order valence-corrected chi connectivity index (χ4v) is 1.28. The molecule has 98 valence electrons. The Kier molecular flexibility index (Phi) is 4.30. The number of nitrogen functional groups attached to an aromatic ring is 1. The maximum Gasteiger partial charge on any atom is 0.471 e. The smallest absolute Gasteiger partial charge is 0.398 e. The highest BCUT2D eigenvalue weighted by Gasteiger charge is 2.38. The van der Waals surface area contributed by atoms with Crippen molar-refractivity contribution in [2.75, 3.05) is 12.3 Å². The molecule has 0 aliphatic carbocycles. The second-order valence-corrected chi connectivity index (χ2v) is 3.51. The molecular weight excluding hydrogens is 249 g/mol. The van der Waals surface area contributed by atoms with Crippen LogP contribution < -0.4 is 11.1 Å². The SMILES string of the molecule is Nc1ccccc1C(=O)CCNC(=O)C(F)(F)F. The number of para-hydroxylation sites is 1. The van der Waals surface area contributed by atoms with Crippen molar-refractivity contribution in [3.63, 3.8) is 0 Å². The van der Waals surface area contributed by atoms with Crippen LogP contribution >= 0.6 is 0 Å². The number of nitrogens with two attached hydrogens (primary N) is 1. The topological polar surface area (TPSA) is 72.2 Å². The predicted molar refractivity (Wildman–Crippen MR) is 58.9 cm³/mol. The average Bonchev–Trinajstić information content (AvgIpc) is 2.28. The van der Waals surface area contributed by atoms with E-state index in [-0.39, 0.29) is 24.2 Å². The highest BCUT2D eigenvalue weighted by Crippen LogP contribution is 2.15. The summed E-state index contributed by atoms with van der Waals surface area (Å²) in [5, 5.41) is 1.62. The molecule has 7 heteroatoms. The molecule has 0 fully saturated rings. The number of Topliss-reactive ketones (excluding diaryl/α,β-unsaturated/α-hetero) is 1. The summed E-state index contributed by atoms with van der Waals surface area (Å²) in [5.74, 6) is -2.48. The molecule has 4 nitrogen and oxygen atoms in total. The average molecular weight is 260 g/mol. The third-order valence-electron chi connectivity index (χ3n) is 2.16. The number of carbonyl (C=O) groups excluding carboxylic acids is 2. The van der Waals surface area contributed by atoms with Crippen LogP contribution in [0.1, 0.15) is 16.8 Å². The van der Waals surface area contributed by atoms with E-state index in [4.69, 9.17) is 5.73 Å². The molecule has 18 heavy (non-hydrogen) atoms.